The monoisotopic (exact) mass is 801 g/mol. The van der Waals surface area contributed by atoms with Gasteiger partial charge in [-0.2, -0.15) is 0 Å². The summed E-state index contributed by atoms with van der Waals surface area (Å²) in [5.41, 5.74) is 9.85. The van der Waals surface area contributed by atoms with Gasteiger partial charge in [-0.3, -0.25) is 0 Å². The molecule has 0 nitrogen and oxygen atoms in total. The largest absolute Gasteiger partial charge is 0.124 e. The maximum atomic E-state index is 5.40. The Morgan fingerprint density at radius 1 is 0.776 bits per heavy atom. The number of allylic oxidation sites excluding steroid dienone is 10. The van der Waals surface area contributed by atoms with Crippen molar-refractivity contribution < 1.29 is 0 Å². The maximum Gasteiger partial charge on any atom is 0.0277 e. The van der Waals surface area contributed by atoms with Crippen LogP contribution < -0.4 is 0 Å². The summed E-state index contributed by atoms with van der Waals surface area (Å²) in [6.45, 7) is 65.6. The number of benzene rings is 1. The van der Waals surface area contributed by atoms with Crippen LogP contribution in [0.1, 0.15) is 207 Å². The Hall–Kier alpha value is -3.74. The highest BCUT2D eigenvalue weighted by atomic mass is 14.3. The molecule has 58 heavy (non-hydrogen) atoms. The molecule has 0 saturated heterocycles. The lowest BCUT2D eigenvalue weighted by atomic mass is 9.75. The Labute approximate surface area is 370 Å². The average molecular weight is 801 g/mol. The predicted molar refractivity (Wildman–Crippen MR) is 283 cm³/mol. The van der Waals surface area contributed by atoms with E-state index in [0.29, 0.717) is 5.41 Å². The lowest BCUT2D eigenvalue weighted by Crippen LogP contribution is -2.20. The molecule has 0 radical (unpaired) electrons. The molecule has 336 valence electrons. The number of rotatable bonds is 13. The zero-order valence-electron chi connectivity index (χ0n) is 43.4. The summed E-state index contributed by atoms with van der Waals surface area (Å²) in [6, 6.07) is 6.06. The molecule has 0 aromatic heterocycles. The van der Waals surface area contributed by atoms with E-state index in [1.165, 1.54) is 68.1 Å². The molecular weight excluding hydrogens is 697 g/mol. The van der Waals surface area contributed by atoms with E-state index in [1.807, 2.05) is 99.6 Å². The summed E-state index contributed by atoms with van der Waals surface area (Å²) in [6.07, 6.45) is 33.8. The predicted octanol–water partition coefficient (Wildman–Crippen LogP) is 20.4. The van der Waals surface area contributed by atoms with E-state index in [0.717, 1.165) is 39.7 Å². The number of hydrogen-bond acceptors (Lipinski definition) is 0. The molecular formula is C58H104. The van der Waals surface area contributed by atoms with Gasteiger partial charge in [0, 0.05) is 5.56 Å². The van der Waals surface area contributed by atoms with Gasteiger partial charge in [0.15, 0.2) is 0 Å². The van der Waals surface area contributed by atoms with Gasteiger partial charge in [-0.1, -0.05) is 200 Å². The van der Waals surface area contributed by atoms with Crippen molar-refractivity contribution in [2.75, 3.05) is 0 Å². The van der Waals surface area contributed by atoms with Crippen molar-refractivity contribution in [3.05, 3.63) is 127 Å². The van der Waals surface area contributed by atoms with Crippen LogP contribution >= 0.6 is 0 Å². The van der Waals surface area contributed by atoms with Gasteiger partial charge in [-0.05, 0) is 120 Å². The van der Waals surface area contributed by atoms with Crippen LogP contribution in [0.3, 0.4) is 0 Å². The quantitative estimate of drug-likeness (QED) is 0.106. The molecule has 0 heteroatoms. The lowest BCUT2D eigenvalue weighted by molar-refractivity contribution is 0.200. The van der Waals surface area contributed by atoms with Crippen LogP contribution in [0.4, 0.5) is 0 Å². The van der Waals surface area contributed by atoms with Gasteiger partial charge in [-0.25, -0.2) is 0 Å². The second-order valence-electron chi connectivity index (χ2n) is 14.8. The third-order valence-electron chi connectivity index (χ3n) is 8.06. The molecule has 1 rings (SSSR count). The minimum absolute atomic E-state index is 0.537. The van der Waals surface area contributed by atoms with Crippen molar-refractivity contribution in [3.8, 4) is 25.2 Å². The van der Waals surface area contributed by atoms with E-state index in [1.54, 1.807) is 6.08 Å². The Kier molecular flexibility index (Phi) is 77.7. The standard InChI is InChI=1S/C14H14.C13H22.C12H26.C4H8.C4H10.C3H6.2C2H6.C2H4.C2H2/c1-5-7-11(3)14-9-8-12(4)13(6-2)10-14;1-6-7-8-13(12(4)5)10-9-11(2)3;1-7-12(5,6)11(4)9-8-10(2)3;1-4(2)3;1-3-4-2;1-3-2;4*1-2/h2,5,7-10H,3H2,1,4H3;9-10H,2,6-8H2,1,3-5H3;10-11H,7-9H2,1-6H3;1H2,2-3H3;3-4H2,1-2H3;3H,1H2,2H3;2*1-2H3;1-2H2;1-2H/b7-5-;10-9-;;;;;;;;. The zero-order chi connectivity index (χ0) is 48.3. The van der Waals surface area contributed by atoms with Crippen LogP contribution in [0.25, 0.3) is 5.57 Å². The van der Waals surface area contributed by atoms with Gasteiger partial charge in [0.25, 0.3) is 0 Å². The normalized spacial score (nSPS) is 9.43. The molecule has 0 spiro atoms. The highest BCUT2D eigenvalue weighted by molar-refractivity contribution is 5.73. The van der Waals surface area contributed by atoms with Crippen LogP contribution in [0.2, 0.25) is 0 Å². The van der Waals surface area contributed by atoms with Crippen LogP contribution in [0.15, 0.2) is 110 Å². The molecule has 0 aliphatic rings. The van der Waals surface area contributed by atoms with Crippen molar-refractivity contribution in [1.29, 1.82) is 0 Å². The number of terminal acetylenes is 2. The summed E-state index contributed by atoms with van der Waals surface area (Å²) in [4.78, 5) is 0. The van der Waals surface area contributed by atoms with Crippen LogP contribution in [0.5, 0.6) is 0 Å². The third-order valence-corrected chi connectivity index (χ3v) is 8.06. The highest BCUT2D eigenvalue weighted by Gasteiger charge is 2.23. The Morgan fingerprint density at radius 2 is 1.21 bits per heavy atom. The van der Waals surface area contributed by atoms with Gasteiger partial charge >= 0.3 is 0 Å². The fourth-order valence-electron chi connectivity index (χ4n) is 3.71. The fourth-order valence-corrected chi connectivity index (χ4v) is 3.71. The van der Waals surface area contributed by atoms with Gasteiger partial charge in [-0.15, -0.1) is 45.6 Å². The molecule has 1 atom stereocenters. The molecule has 0 aliphatic heterocycles. The summed E-state index contributed by atoms with van der Waals surface area (Å²) in [5.74, 6) is 4.39. The van der Waals surface area contributed by atoms with Gasteiger partial charge in [0.05, 0.1) is 0 Å². The lowest BCUT2D eigenvalue weighted by Gasteiger charge is -2.31. The molecule has 1 aromatic rings. The first-order valence-corrected chi connectivity index (χ1v) is 22.1. The number of hydrogen-bond donors (Lipinski definition) is 0. The Morgan fingerprint density at radius 3 is 1.50 bits per heavy atom. The number of unbranched alkanes of at least 4 members (excludes halogenated alkanes) is 2. The van der Waals surface area contributed by atoms with Gasteiger partial charge < -0.3 is 0 Å². The first-order valence-electron chi connectivity index (χ1n) is 22.1. The maximum absolute atomic E-state index is 5.40. The van der Waals surface area contributed by atoms with E-state index in [2.05, 4.69) is 147 Å². The summed E-state index contributed by atoms with van der Waals surface area (Å²) in [7, 11) is 0. The molecule has 1 aromatic carbocycles. The summed E-state index contributed by atoms with van der Waals surface area (Å²) >= 11 is 0. The second kappa shape index (κ2) is 59.9. The molecule has 0 fully saturated rings. The van der Waals surface area contributed by atoms with Gasteiger partial charge in [0.2, 0.25) is 0 Å². The van der Waals surface area contributed by atoms with E-state index >= 15 is 0 Å². The molecule has 0 N–H and O–H groups in total. The van der Waals surface area contributed by atoms with Crippen LogP contribution in [-0.2, 0) is 0 Å². The average Bonchev–Trinajstić information content (AvgIpc) is 3.20. The summed E-state index contributed by atoms with van der Waals surface area (Å²) in [5, 5.41) is 0. The second-order valence-corrected chi connectivity index (χ2v) is 14.8. The van der Waals surface area contributed by atoms with E-state index in [4.69, 9.17) is 6.42 Å². The molecule has 0 bridgehead atoms. The van der Waals surface area contributed by atoms with E-state index in [9.17, 15) is 0 Å². The van der Waals surface area contributed by atoms with Crippen molar-refractivity contribution in [3.63, 3.8) is 0 Å². The third kappa shape index (κ3) is 64.2. The first-order chi connectivity index (χ1) is 27.2. The minimum atomic E-state index is 0.537. The SMILES string of the molecule is C#C.C#Cc1cc(C(=C)/C=C\C)ccc1C.C=C.C=C(C)/C=C\C(CCCC)=C(C)C.C=C(C)C.C=CC.CC.CC.CCC(C)(C)C(C)CCC(C)C.CCCC. The Balaban J connectivity index is -0.0000000730. The van der Waals surface area contributed by atoms with Crippen LogP contribution in [0, 0.1) is 49.4 Å². The molecule has 0 amide bonds. The van der Waals surface area contributed by atoms with E-state index in [-0.39, 0.29) is 0 Å². The summed E-state index contributed by atoms with van der Waals surface area (Å²) < 4.78 is 0. The zero-order valence-corrected chi connectivity index (χ0v) is 43.4. The Bertz CT molecular complexity index is 1200. The first kappa shape index (κ1) is 75.1. The molecule has 0 saturated carbocycles. The topological polar surface area (TPSA) is 0 Å². The van der Waals surface area contributed by atoms with Crippen molar-refractivity contribution in [2.45, 2.75) is 197 Å². The highest BCUT2D eigenvalue weighted by Crippen LogP contribution is 2.33. The molecule has 0 aliphatic carbocycles. The molecule has 0 heterocycles. The van der Waals surface area contributed by atoms with Crippen molar-refractivity contribution >= 4 is 5.57 Å². The van der Waals surface area contributed by atoms with Gasteiger partial charge in [0.1, 0.15) is 0 Å². The number of aryl methyl sites for hydroxylation is 1. The molecule has 1 unspecified atom stereocenters. The van der Waals surface area contributed by atoms with Crippen LogP contribution in [-0.4, -0.2) is 0 Å². The van der Waals surface area contributed by atoms with E-state index < -0.39 is 0 Å². The smallest absolute Gasteiger partial charge is 0.0277 e. The minimum Gasteiger partial charge on any atom is -0.124 e. The van der Waals surface area contributed by atoms with Crippen molar-refractivity contribution in [2.24, 2.45) is 17.3 Å². The van der Waals surface area contributed by atoms with Crippen molar-refractivity contribution in [1.82, 2.24) is 0 Å². The fraction of sp³-hybridized carbons (Fsp3) is 0.552.